The summed E-state index contributed by atoms with van der Waals surface area (Å²) in [5.41, 5.74) is 0.449. The average Bonchev–Trinajstić information content (AvgIpc) is 2.81. The van der Waals surface area contributed by atoms with Crippen LogP contribution in [0.2, 0.25) is 0 Å². The maximum absolute atomic E-state index is 12.9. The number of H-pyrrole nitrogens is 1. The lowest BCUT2D eigenvalue weighted by atomic mass is 9.90. The van der Waals surface area contributed by atoms with E-state index >= 15 is 0 Å². The zero-order valence-electron chi connectivity index (χ0n) is 13.5. The summed E-state index contributed by atoms with van der Waals surface area (Å²) in [5.74, 6) is -0.314. The number of para-hydroxylation sites is 1. The number of hydrogen-bond acceptors (Lipinski definition) is 2. The lowest BCUT2D eigenvalue weighted by Gasteiger charge is -2.39. The molecule has 2 N–H and O–H groups in total. The second-order valence-corrected chi connectivity index (χ2v) is 6.42. The standard InChI is InChI=1S/C17H19F3N2O2/c1-10-11(2)21-14-12(10)4-3-5-13(14)15(23)22-8-6-16(24,7-9-22)17(18,19)20/h3-5,21,24H,6-9H2,1-2H3. The minimum atomic E-state index is -4.67. The normalized spacial score (nSPS) is 18.2. The number of carbonyl (C=O) groups is 1. The number of nitrogens with zero attached hydrogens (tertiary/aromatic N) is 1. The van der Waals surface area contributed by atoms with E-state index in [1.54, 1.807) is 12.1 Å². The van der Waals surface area contributed by atoms with E-state index in [0.717, 1.165) is 16.6 Å². The number of hydrogen-bond donors (Lipinski definition) is 2. The minimum absolute atomic E-state index is 0.121. The van der Waals surface area contributed by atoms with Crippen LogP contribution in [0.1, 0.15) is 34.5 Å². The molecule has 0 aliphatic carbocycles. The molecule has 1 amide bonds. The van der Waals surface area contributed by atoms with Gasteiger partial charge in [-0.15, -0.1) is 0 Å². The molecule has 1 fully saturated rings. The number of fused-ring (bicyclic) bond motifs is 1. The molecule has 1 aliphatic rings. The number of carbonyl (C=O) groups excluding carboxylic acids is 1. The fourth-order valence-electron chi connectivity index (χ4n) is 3.19. The van der Waals surface area contributed by atoms with Crippen LogP contribution in [0.5, 0.6) is 0 Å². The SMILES string of the molecule is Cc1[nH]c2c(C(=O)N3CCC(O)(C(F)(F)F)CC3)cccc2c1C. The summed E-state index contributed by atoms with van der Waals surface area (Å²) >= 11 is 0. The van der Waals surface area contributed by atoms with Gasteiger partial charge in [0.15, 0.2) is 5.60 Å². The molecule has 0 unspecified atom stereocenters. The summed E-state index contributed by atoms with van der Waals surface area (Å²) in [4.78, 5) is 17.3. The number of piperidine rings is 1. The smallest absolute Gasteiger partial charge is 0.380 e. The second-order valence-electron chi connectivity index (χ2n) is 6.42. The van der Waals surface area contributed by atoms with Gasteiger partial charge in [0.25, 0.3) is 5.91 Å². The Morgan fingerprint density at radius 3 is 2.46 bits per heavy atom. The first kappa shape index (κ1) is 16.8. The van der Waals surface area contributed by atoms with Crippen LogP contribution in [-0.4, -0.2) is 45.8 Å². The molecular weight excluding hydrogens is 321 g/mol. The Labute approximate surface area is 137 Å². The van der Waals surface area contributed by atoms with Crippen molar-refractivity contribution in [1.82, 2.24) is 9.88 Å². The molecule has 1 aromatic heterocycles. The molecule has 24 heavy (non-hydrogen) atoms. The van der Waals surface area contributed by atoms with Crippen molar-refractivity contribution in [3.63, 3.8) is 0 Å². The Morgan fingerprint density at radius 2 is 1.88 bits per heavy atom. The first-order valence-electron chi connectivity index (χ1n) is 7.80. The third kappa shape index (κ3) is 2.56. The van der Waals surface area contributed by atoms with Gasteiger partial charge in [-0.05, 0) is 25.5 Å². The summed E-state index contributed by atoms with van der Waals surface area (Å²) in [7, 11) is 0. The summed E-state index contributed by atoms with van der Waals surface area (Å²) in [6, 6.07) is 5.35. The van der Waals surface area contributed by atoms with Gasteiger partial charge >= 0.3 is 6.18 Å². The topological polar surface area (TPSA) is 56.3 Å². The number of halogens is 3. The van der Waals surface area contributed by atoms with E-state index in [-0.39, 0.29) is 19.0 Å². The highest BCUT2D eigenvalue weighted by Crippen LogP contribution is 2.38. The Kier molecular flexibility index (Phi) is 3.86. The van der Waals surface area contributed by atoms with Crippen LogP contribution in [0.25, 0.3) is 10.9 Å². The van der Waals surface area contributed by atoms with E-state index < -0.39 is 24.6 Å². The van der Waals surface area contributed by atoms with Crippen LogP contribution in [-0.2, 0) is 0 Å². The molecule has 7 heteroatoms. The summed E-state index contributed by atoms with van der Waals surface area (Å²) in [5, 5.41) is 10.7. The highest BCUT2D eigenvalue weighted by atomic mass is 19.4. The lowest BCUT2D eigenvalue weighted by molar-refractivity contribution is -0.271. The van der Waals surface area contributed by atoms with Crippen molar-refractivity contribution in [2.75, 3.05) is 13.1 Å². The van der Waals surface area contributed by atoms with Crippen molar-refractivity contribution in [3.05, 3.63) is 35.0 Å². The molecule has 0 saturated carbocycles. The number of benzene rings is 1. The summed E-state index contributed by atoms with van der Waals surface area (Å²) < 4.78 is 38.6. The number of aromatic nitrogens is 1. The molecule has 0 spiro atoms. The number of likely N-dealkylation sites (tertiary alicyclic amines) is 1. The van der Waals surface area contributed by atoms with Crippen LogP contribution in [0, 0.1) is 13.8 Å². The van der Waals surface area contributed by atoms with Crippen molar-refractivity contribution in [3.8, 4) is 0 Å². The molecule has 0 bridgehead atoms. The van der Waals surface area contributed by atoms with Crippen LogP contribution in [0.4, 0.5) is 13.2 Å². The third-order valence-corrected chi connectivity index (χ3v) is 4.98. The number of nitrogens with one attached hydrogen (secondary N) is 1. The summed E-state index contributed by atoms with van der Waals surface area (Å²) in [6.07, 6.45) is -5.67. The van der Waals surface area contributed by atoms with Crippen molar-refractivity contribution < 1.29 is 23.1 Å². The van der Waals surface area contributed by atoms with E-state index in [9.17, 15) is 23.1 Å². The number of alkyl halides is 3. The predicted molar refractivity (Wildman–Crippen MR) is 83.9 cm³/mol. The highest BCUT2D eigenvalue weighted by molar-refractivity contribution is 6.06. The third-order valence-electron chi connectivity index (χ3n) is 4.98. The van der Waals surface area contributed by atoms with Gasteiger partial charge < -0.3 is 15.0 Å². The van der Waals surface area contributed by atoms with E-state index in [4.69, 9.17) is 0 Å². The molecular formula is C17H19F3N2O2. The molecule has 0 radical (unpaired) electrons. The zero-order chi connectivity index (χ0) is 17.7. The first-order chi connectivity index (χ1) is 11.1. The number of aromatic amines is 1. The maximum atomic E-state index is 12.9. The number of amides is 1. The van der Waals surface area contributed by atoms with Gasteiger partial charge in [0.2, 0.25) is 0 Å². The van der Waals surface area contributed by atoms with Crippen molar-refractivity contribution >= 4 is 16.8 Å². The van der Waals surface area contributed by atoms with Crippen molar-refractivity contribution in [2.45, 2.75) is 38.5 Å². The van der Waals surface area contributed by atoms with Gasteiger partial charge in [0, 0.05) is 37.0 Å². The van der Waals surface area contributed by atoms with Gasteiger partial charge in [-0.3, -0.25) is 4.79 Å². The van der Waals surface area contributed by atoms with Crippen LogP contribution < -0.4 is 0 Å². The van der Waals surface area contributed by atoms with Crippen molar-refractivity contribution in [1.29, 1.82) is 0 Å². The molecule has 130 valence electrons. The lowest BCUT2D eigenvalue weighted by Crippen LogP contribution is -2.54. The van der Waals surface area contributed by atoms with Crippen LogP contribution in [0.3, 0.4) is 0 Å². The number of aliphatic hydroxyl groups is 1. The van der Waals surface area contributed by atoms with Crippen LogP contribution >= 0.6 is 0 Å². The summed E-state index contributed by atoms with van der Waals surface area (Å²) in [6.45, 7) is 3.62. The quantitative estimate of drug-likeness (QED) is 0.837. The molecule has 4 nitrogen and oxygen atoms in total. The van der Waals surface area contributed by atoms with Gasteiger partial charge in [-0.1, -0.05) is 12.1 Å². The zero-order valence-corrected chi connectivity index (χ0v) is 13.5. The Balaban J connectivity index is 1.86. The first-order valence-corrected chi connectivity index (χ1v) is 7.80. The molecule has 1 saturated heterocycles. The van der Waals surface area contributed by atoms with Gasteiger partial charge in [-0.25, -0.2) is 0 Å². The molecule has 1 aliphatic heterocycles. The van der Waals surface area contributed by atoms with Crippen molar-refractivity contribution in [2.24, 2.45) is 0 Å². The molecule has 0 atom stereocenters. The average molecular weight is 340 g/mol. The largest absolute Gasteiger partial charge is 0.417 e. The van der Waals surface area contributed by atoms with Gasteiger partial charge in [-0.2, -0.15) is 13.2 Å². The minimum Gasteiger partial charge on any atom is -0.380 e. The fourth-order valence-corrected chi connectivity index (χ4v) is 3.19. The number of aryl methyl sites for hydroxylation is 2. The van der Waals surface area contributed by atoms with E-state index in [1.165, 1.54) is 4.90 Å². The Bertz CT molecular complexity index is 787. The Morgan fingerprint density at radius 1 is 1.25 bits per heavy atom. The number of rotatable bonds is 1. The Hall–Kier alpha value is -2.02. The van der Waals surface area contributed by atoms with E-state index in [0.29, 0.717) is 11.1 Å². The van der Waals surface area contributed by atoms with E-state index in [1.807, 2.05) is 19.9 Å². The maximum Gasteiger partial charge on any atom is 0.417 e. The van der Waals surface area contributed by atoms with E-state index in [2.05, 4.69) is 4.98 Å². The molecule has 2 heterocycles. The molecule has 1 aromatic carbocycles. The monoisotopic (exact) mass is 340 g/mol. The highest BCUT2D eigenvalue weighted by Gasteiger charge is 2.54. The van der Waals surface area contributed by atoms with Crippen LogP contribution in [0.15, 0.2) is 18.2 Å². The predicted octanol–water partition coefficient (Wildman–Crippen LogP) is 3.31. The van der Waals surface area contributed by atoms with Gasteiger partial charge in [0.1, 0.15) is 0 Å². The molecule has 3 rings (SSSR count). The van der Waals surface area contributed by atoms with Gasteiger partial charge in [0.05, 0.1) is 11.1 Å². The second kappa shape index (κ2) is 5.51. The fraction of sp³-hybridized carbons (Fsp3) is 0.471. The molecule has 2 aromatic rings.